The van der Waals surface area contributed by atoms with Gasteiger partial charge in [-0.25, -0.2) is 8.42 Å². The number of morpholine rings is 1. The van der Waals surface area contributed by atoms with Crippen molar-refractivity contribution in [1.29, 1.82) is 0 Å². The number of carbonyl (C=O) groups excluding carboxylic acids is 1. The van der Waals surface area contributed by atoms with E-state index in [9.17, 15) is 23.3 Å². The number of anilines is 1. The number of nitrogens with one attached hydrogen (secondary N) is 1. The van der Waals surface area contributed by atoms with Crippen LogP contribution in [0.5, 0.6) is 5.75 Å². The second kappa shape index (κ2) is 8.96. The lowest BCUT2D eigenvalue weighted by atomic mass is 10.2. The van der Waals surface area contributed by atoms with Crippen molar-refractivity contribution in [1.82, 2.24) is 4.31 Å². The molecule has 0 unspecified atom stereocenters. The minimum atomic E-state index is -3.89. The van der Waals surface area contributed by atoms with E-state index in [1.165, 1.54) is 41.7 Å². The van der Waals surface area contributed by atoms with Crippen LogP contribution in [0.1, 0.15) is 10.4 Å². The Morgan fingerprint density at radius 3 is 2.57 bits per heavy atom. The van der Waals surface area contributed by atoms with Crippen molar-refractivity contribution >= 4 is 38.9 Å². The molecule has 2 aromatic carbocycles. The summed E-state index contributed by atoms with van der Waals surface area (Å²) in [6.45, 7) is 0.962. The minimum Gasteiger partial charge on any atom is -0.495 e. The molecule has 10 nitrogen and oxygen atoms in total. The normalized spacial score (nSPS) is 14.9. The number of amides is 1. The quantitative estimate of drug-likeness (QED) is 0.523. The van der Waals surface area contributed by atoms with Crippen molar-refractivity contribution in [3.63, 3.8) is 0 Å². The van der Waals surface area contributed by atoms with E-state index in [0.717, 1.165) is 6.07 Å². The van der Waals surface area contributed by atoms with Gasteiger partial charge in [-0.1, -0.05) is 11.6 Å². The first kappa shape index (κ1) is 22.0. The van der Waals surface area contributed by atoms with Crippen LogP contribution >= 0.6 is 11.6 Å². The smallest absolute Gasteiger partial charge is 0.270 e. The van der Waals surface area contributed by atoms with Crippen LogP contribution in [0.15, 0.2) is 41.3 Å². The topological polar surface area (TPSA) is 128 Å². The third-order valence-corrected chi connectivity index (χ3v) is 6.66. The van der Waals surface area contributed by atoms with Gasteiger partial charge in [0.05, 0.1) is 35.8 Å². The highest BCUT2D eigenvalue weighted by molar-refractivity contribution is 7.89. The maximum atomic E-state index is 13.0. The SMILES string of the molecule is COc1ccc(NC(=O)c2cc([N+](=O)[O-])ccc2Cl)cc1S(=O)(=O)N1CCOCC1. The highest BCUT2D eigenvalue weighted by Crippen LogP contribution is 2.31. The molecule has 160 valence electrons. The summed E-state index contributed by atoms with van der Waals surface area (Å²) in [6, 6.07) is 7.62. The Bertz CT molecular complexity index is 1090. The number of carbonyl (C=O) groups is 1. The number of nitrogens with zero attached hydrogens (tertiary/aromatic N) is 2. The molecule has 0 radical (unpaired) electrons. The zero-order valence-corrected chi connectivity index (χ0v) is 17.4. The lowest BCUT2D eigenvalue weighted by Gasteiger charge is -2.26. The van der Waals surface area contributed by atoms with Gasteiger partial charge in [-0.05, 0) is 24.3 Å². The largest absolute Gasteiger partial charge is 0.495 e. The Kier molecular flexibility index (Phi) is 6.56. The Morgan fingerprint density at radius 2 is 1.93 bits per heavy atom. The molecule has 0 spiro atoms. The summed E-state index contributed by atoms with van der Waals surface area (Å²) in [4.78, 5) is 22.8. The van der Waals surface area contributed by atoms with Crippen LogP contribution in [0.2, 0.25) is 5.02 Å². The van der Waals surface area contributed by atoms with E-state index in [1.54, 1.807) is 0 Å². The number of hydrogen-bond acceptors (Lipinski definition) is 7. The van der Waals surface area contributed by atoms with Gasteiger partial charge >= 0.3 is 0 Å². The van der Waals surface area contributed by atoms with Crippen LogP contribution in [0, 0.1) is 10.1 Å². The molecule has 1 saturated heterocycles. The van der Waals surface area contributed by atoms with E-state index >= 15 is 0 Å². The van der Waals surface area contributed by atoms with Gasteiger partial charge in [-0.3, -0.25) is 14.9 Å². The fourth-order valence-corrected chi connectivity index (χ4v) is 4.67. The summed E-state index contributed by atoms with van der Waals surface area (Å²) in [5, 5.41) is 13.5. The molecule has 12 heteroatoms. The molecular formula is C18H18ClN3O7S. The van der Waals surface area contributed by atoms with Crippen molar-refractivity contribution in [3.8, 4) is 5.75 Å². The van der Waals surface area contributed by atoms with Crippen molar-refractivity contribution < 1.29 is 27.6 Å². The lowest BCUT2D eigenvalue weighted by Crippen LogP contribution is -2.40. The monoisotopic (exact) mass is 455 g/mol. The van der Waals surface area contributed by atoms with Crippen LogP contribution in [-0.2, 0) is 14.8 Å². The van der Waals surface area contributed by atoms with Gasteiger partial charge in [0.15, 0.2) is 0 Å². The number of sulfonamides is 1. The number of methoxy groups -OCH3 is 1. The van der Waals surface area contributed by atoms with Gasteiger partial charge in [-0.2, -0.15) is 4.31 Å². The van der Waals surface area contributed by atoms with Gasteiger partial charge in [-0.15, -0.1) is 0 Å². The van der Waals surface area contributed by atoms with Crippen LogP contribution in [0.3, 0.4) is 0 Å². The maximum Gasteiger partial charge on any atom is 0.270 e. The number of hydrogen-bond donors (Lipinski definition) is 1. The zero-order valence-electron chi connectivity index (χ0n) is 15.8. The molecule has 1 aliphatic rings. The van der Waals surface area contributed by atoms with E-state index in [2.05, 4.69) is 5.32 Å². The summed E-state index contributed by atoms with van der Waals surface area (Å²) in [5.74, 6) is -0.601. The van der Waals surface area contributed by atoms with E-state index in [1.807, 2.05) is 0 Å². The number of ether oxygens (including phenoxy) is 2. The summed E-state index contributed by atoms with van der Waals surface area (Å²) in [5.41, 5.74) is -0.246. The van der Waals surface area contributed by atoms with Gasteiger partial charge in [0.25, 0.3) is 11.6 Å². The van der Waals surface area contributed by atoms with Crippen LogP contribution in [-0.4, -0.2) is 57.0 Å². The average Bonchev–Trinajstić information content (AvgIpc) is 2.74. The third kappa shape index (κ3) is 4.54. The zero-order chi connectivity index (χ0) is 21.9. The molecule has 0 aliphatic carbocycles. The minimum absolute atomic E-state index is 0.0211. The molecule has 1 aliphatic heterocycles. The molecule has 0 atom stereocenters. The van der Waals surface area contributed by atoms with E-state index < -0.39 is 20.9 Å². The van der Waals surface area contributed by atoms with Crippen LogP contribution in [0.4, 0.5) is 11.4 Å². The average molecular weight is 456 g/mol. The van der Waals surface area contributed by atoms with Gasteiger partial charge in [0.2, 0.25) is 10.0 Å². The fraction of sp³-hybridized carbons (Fsp3) is 0.278. The fourth-order valence-electron chi connectivity index (χ4n) is 2.88. The predicted octanol–water partition coefficient (Wildman–Crippen LogP) is 2.53. The first-order valence-electron chi connectivity index (χ1n) is 8.75. The number of benzene rings is 2. The van der Waals surface area contributed by atoms with Crippen LogP contribution < -0.4 is 10.1 Å². The standard InChI is InChI=1S/C18H18ClN3O7S/c1-28-16-5-2-12(10-17(16)30(26,27)21-6-8-29-9-7-21)20-18(23)14-11-13(22(24)25)3-4-15(14)19/h2-5,10-11H,6-9H2,1H3,(H,20,23). The molecule has 30 heavy (non-hydrogen) atoms. The summed E-state index contributed by atoms with van der Waals surface area (Å²) in [6.07, 6.45) is 0. The maximum absolute atomic E-state index is 13.0. The molecular weight excluding hydrogens is 438 g/mol. The van der Waals surface area contributed by atoms with Gasteiger partial charge in [0, 0.05) is 30.9 Å². The van der Waals surface area contributed by atoms with Gasteiger partial charge in [0.1, 0.15) is 10.6 Å². The highest BCUT2D eigenvalue weighted by Gasteiger charge is 2.29. The Labute approximate surface area is 177 Å². The lowest BCUT2D eigenvalue weighted by molar-refractivity contribution is -0.384. The van der Waals surface area contributed by atoms with Crippen molar-refractivity contribution in [2.24, 2.45) is 0 Å². The predicted molar refractivity (Wildman–Crippen MR) is 109 cm³/mol. The van der Waals surface area contributed by atoms with Gasteiger partial charge < -0.3 is 14.8 Å². The number of nitro benzene ring substituents is 1. The second-order valence-corrected chi connectivity index (χ2v) is 8.57. The van der Waals surface area contributed by atoms with Crippen molar-refractivity contribution in [2.45, 2.75) is 4.90 Å². The number of non-ortho nitro benzene ring substituents is 1. The molecule has 0 bridgehead atoms. The number of halogens is 1. The second-order valence-electron chi connectivity index (χ2n) is 6.26. The number of nitro groups is 1. The summed E-state index contributed by atoms with van der Waals surface area (Å²) >= 11 is 6.00. The van der Waals surface area contributed by atoms with E-state index in [-0.39, 0.29) is 58.9 Å². The molecule has 1 amide bonds. The summed E-state index contributed by atoms with van der Waals surface area (Å²) in [7, 11) is -2.55. The Balaban J connectivity index is 1.93. The molecule has 1 fully saturated rings. The van der Waals surface area contributed by atoms with Crippen molar-refractivity contribution in [2.75, 3.05) is 38.7 Å². The molecule has 1 heterocycles. The third-order valence-electron chi connectivity index (χ3n) is 4.41. The number of rotatable bonds is 6. The summed E-state index contributed by atoms with van der Waals surface area (Å²) < 4.78 is 37.7. The molecule has 0 aromatic heterocycles. The van der Waals surface area contributed by atoms with Crippen molar-refractivity contribution in [3.05, 3.63) is 57.1 Å². The first-order valence-corrected chi connectivity index (χ1v) is 10.6. The first-order chi connectivity index (χ1) is 14.2. The Hall–Kier alpha value is -2.73. The molecule has 0 saturated carbocycles. The van der Waals surface area contributed by atoms with Crippen LogP contribution in [0.25, 0.3) is 0 Å². The Morgan fingerprint density at radius 1 is 1.23 bits per heavy atom. The molecule has 1 N–H and O–H groups in total. The highest BCUT2D eigenvalue weighted by atomic mass is 35.5. The van der Waals surface area contributed by atoms with E-state index in [0.29, 0.717) is 0 Å². The molecule has 2 aromatic rings. The molecule has 3 rings (SSSR count). The van der Waals surface area contributed by atoms with E-state index in [4.69, 9.17) is 21.1 Å².